The Bertz CT molecular complexity index is 903. The smallest absolute Gasteiger partial charge is 0.369 e. The predicted octanol–water partition coefficient (Wildman–Crippen LogP) is 3.89. The Morgan fingerprint density at radius 2 is 1.82 bits per heavy atom. The van der Waals surface area contributed by atoms with Crippen molar-refractivity contribution in [2.75, 3.05) is 36.0 Å². The number of nitrogens with zero attached hydrogens (tertiary/aromatic N) is 4. The van der Waals surface area contributed by atoms with Gasteiger partial charge in [-0.2, -0.15) is 18.4 Å². The molecule has 28 heavy (non-hydrogen) atoms. The summed E-state index contributed by atoms with van der Waals surface area (Å²) >= 11 is 0. The summed E-state index contributed by atoms with van der Waals surface area (Å²) < 4.78 is 38.2. The Hall–Kier alpha value is -3.08. The molecular formula is C20H19F3N4O. The summed E-state index contributed by atoms with van der Waals surface area (Å²) in [4.78, 5) is 19.9. The molecule has 0 aliphatic carbocycles. The Morgan fingerprint density at radius 1 is 1.11 bits per heavy atom. The summed E-state index contributed by atoms with van der Waals surface area (Å²) in [5.74, 6) is 0.414. The van der Waals surface area contributed by atoms with Gasteiger partial charge in [0.15, 0.2) is 5.78 Å². The standard InChI is InChI=1S/C20H19F3N4O/c1-14(28)17-5-3-15(12-24)11-18(17)26-7-2-8-27(10-9-26)19-6-4-16(13-25-19)20(21,22)23/h3-6,11,13H,2,7-10H2,1H3. The van der Waals surface area contributed by atoms with Gasteiger partial charge in [0.05, 0.1) is 17.2 Å². The second kappa shape index (κ2) is 7.89. The van der Waals surface area contributed by atoms with Crippen molar-refractivity contribution in [2.45, 2.75) is 19.5 Å². The number of aromatic nitrogens is 1. The fourth-order valence-electron chi connectivity index (χ4n) is 3.29. The van der Waals surface area contributed by atoms with E-state index in [1.165, 1.54) is 13.0 Å². The number of ketones is 1. The van der Waals surface area contributed by atoms with Gasteiger partial charge >= 0.3 is 6.18 Å². The van der Waals surface area contributed by atoms with E-state index in [4.69, 9.17) is 5.26 Å². The molecular weight excluding hydrogens is 369 g/mol. The number of hydrogen-bond donors (Lipinski definition) is 0. The van der Waals surface area contributed by atoms with Crippen LogP contribution >= 0.6 is 0 Å². The molecule has 2 heterocycles. The number of benzene rings is 1. The van der Waals surface area contributed by atoms with Crippen LogP contribution in [0.5, 0.6) is 0 Å². The summed E-state index contributed by atoms with van der Waals surface area (Å²) in [6.45, 7) is 3.92. The molecule has 146 valence electrons. The summed E-state index contributed by atoms with van der Waals surface area (Å²) in [6.07, 6.45) is -2.81. The summed E-state index contributed by atoms with van der Waals surface area (Å²) in [5, 5.41) is 9.17. The number of carbonyl (C=O) groups excluding carboxylic acids is 1. The van der Waals surface area contributed by atoms with E-state index in [0.717, 1.165) is 18.7 Å². The van der Waals surface area contributed by atoms with E-state index >= 15 is 0 Å². The van der Waals surface area contributed by atoms with Gasteiger partial charge in [-0.3, -0.25) is 4.79 Å². The highest BCUT2D eigenvalue weighted by atomic mass is 19.4. The number of rotatable bonds is 3. The molecule has 5 nitrogen and oxygen atoms in total. The fourth-order valence-corrected chi connectivity index (χ4v) is 3.29. The summed E-state index contributed by atoms with van der Waals surface area (Å²) in [6, 6.07) is 9.51. The lowest BCUT2D eigenvalue weighted by atomic mass is 10.1. The van der Waals surface area contributed by atoms with E-state index in [2.05, 4.69) is 11.1 Å². The minimum absolute atomic E-state index is 0.0787. The van der Waals surface area contributed by atoms with Crippen molar-refractivity contribution in [3.63, 3.8) is 0 Å². The van der Waals surface area contributed by atoms with Crippen LogP contribution in [0.1, 0.15) is 34.8 Å². The van der Waals surface area contributed by atoms with Crippen LogP contribution in [0.4, 0.5) is 24.7 Å². The fraction of sp³-hybridized carbons (Fsp3) is 0.350. The predicted molar refractivity (Wildman–Crippen MR) is 99.4 cm³/mol. The third kappa shape index (κ3) is 4.25. The number of carbonyl (C=O) groups is 1. The zero-order chi connectivity index (χ0) is 20.3. The van der Waals surface area contributed by atoms with Crippen molar-refractivity contribution in [1.29, 1.82) is 5.26 Å². The van der Waals surface area contributed by atoms with Gasteiger partial charge in [-0.25, -0.2) is 4.98 Å². The maximum atomic E-state index is 12.7. The van der Waals surface area contributed by atoms with Gasteiger partial charge < -0.3 is 9.80 Å². The number of hydrogen-bond acceptors (Lipinski definition) is 5. The quantitative estimate of drug-likeness (QED) is 0.747. The van der Waals surface area contributed by atoms with Crippen molar-refractivity contribution in [3.05, 3.63) is 53.2 Å². The topological polar surface area (TPSA) is 60.2 Å². The van der Waals surface area contributed by atoms with Crippen LogP contribution in [0.15, 0.2) is 36.5 Å². The second-order valence-electron chi connectivity index (χ2n) is 6.63. The van der Waals surface area contributed by atoms with Crippen molar-refractivity contribution >= 4 is 17.3 Å². The average Bonchev–Trinajstić information content (AvgIpc) is 2.93. The molecule has 1 fully saturated rings. The van der Waals surface area contributed by atoms with Crippen LogP contribution < -0.4 is 9.80 Å². The van der Waals surface area contributed by atoms with E-state index in [-0.39, 0.29) is 5.78 Å². The first-order valence-electron chi connectivity index (χ1n) is 8.88. The van der Waals surface area contributed by atoms with Gasteiger partial charge in [0.25, 0.3) is 0 Å². The maximum absolute atomic E-state index is 12.7. The lowest BCUT2D eigenvalue weighted by molar-refractivity contribution is -0.137. The van der Waals surface area contributed by atoms with Gasteiger partial charge in [0.2, 0.25) is 0 Å². The lowest BCUT2D eigenvalue weighted by Gasteiger charge is -2.26. The molecule has 0 unspecified atom stereocenters. The van der Waals surface area contributed by atoms with E-state index < -0.39 is 11.7 Å². The Kier molecular flexibility index (Phi) is 5.54. The van der Waals surface area contributed by atoms with E-state index in [9.17, 15) is 18.0 Å². The highest BCUT2D eigenvalue weighted by molar-refractivity contribution is 6.00. The van der Waals surface area contributed by atoms with Crippen LogP contribution in [0.3, 0.4) is 0 Å². The van der Waals surface area contributed by atoms with Crippen LogP contribution in [0.25, 0.3) is 0 Å². The molecule has 2 aromatic rings. The molecule has 0 bridgehead atoms. The zero-order valence-electron chi connectivity index (χ0n) is 15.3. The molecule has 1 aliphatic heterocycles. The number of anilines is 2. The molecule has 0 saturated carbocycles. The highest BCUT2D eigenvalue weighted by Crippen LogP contribution is 2.30. The van der Waals surface area contributed by atoms with Crippen molar-refractivity contribution < 1.29 is 18.0 Å². The third-order valence-corrected chi connectivity index (χ3v) is 4.74. The largest absolute Gasteiger partial charge is 0.417 e. The minimum atomic E-state index is -4.41. The zero-order valence-corrected chi connectivity index (χ0v) is 15.3. The molecule has 0 N–H and O–H groups in total. The van der Waals surface area contributed by atoms with Crippen LogP contribution in [-0.4, -0.2) is 36.9 Å². The normalized spacial score (nSPS) is 15.1. The molecule has 8 heteroatoms. The average molecular weight is 388 g/mol. The number of Topliss-reactive ketones (excluding diaryl/α,β-unsaturated/α-hetero) is 1. The van der Waals surface area contributed by atoms with E-state index in [0.29, 0.717) is 48.8 Å². The van der Waals surface area contributed by atoms with Crippen molar-refractivity contribution in [3.8, 4) is 6.07 Å². The van der Waals surface area contributed by atoms with Crippen LogP contribution in [0, 0.1) is 11.3 Å². The summed E-state index contributed by atoms with van der Waals surface area (Å²) in [7, 11) is 0. The second-order valence-corrected chi connectivity index (χ2v) is 6.63. The first kappa shape index (κ1) is 19.7. The van der Waals surface area contributed by atoms with Gasteiger partial charge in [-0.05, 0) is 43.7 Å². The molecule has 0 radical (unpaired) electrons. The van der Waals surface area contributed by atoms with E-state index in [1.807, 2.05) is 9.80 Å². The highest BCUT2D eigenvalue weighted by Gasteiger charge is 2.31. The molecule has 0 spiro atoms. The number of alkyl halides is 3. The Morgan fingerprint density at radius 3 is 2.43 bits per heavy atom. The number of pyridine rings is 1. The first-order valence-corrected chi connectivity index (χ1v) is 8.88. The molecule has 0 atom stereocenters. The monoisotopic (exact) mass is 388 g/mol. The molecule has 1 saturated heterocycles. The number of halogens is 3. The molecule has 0 amide bonds. The third-order valence-electron chi connectivity index (χ3n) is 4.74. The molecule has 3 rings (SSSR count). The van der Waals surface area contributed by atoms with Gasteiger partial charge in [0, 0.05) is 43.6 Å². The van der Waals surface area contributed by atoms with Crippen LogP contribution in [0.2, 0.25) is 0 Å². The minimum Gasteiger partial charge on any atom is -0.369 e. The van der Waals surface area contributed by atoms with Crippen molar-refractivity contribution in [2.24, 2.45) is 0 Å². The maximum Gasteiger partial charge on any atom is 0.417 e. The first-order chi connectivity index (χ1) is 13.3. The molecule has 1 aromatic heterocycles. The Balaban J connectivity index is 1.79. The van der Waals surface area contributed by atoms with E-state index in [1.54, 1.807) is 18.2 Å². The van der Waals surface area contributed by atoms with Crippen molar-refractivity contribution in [1.82, 2.24) is 4.98 Å². The number of nitriles is 1. The Labute approximate surface area is 161 Å². The van der Waals surface area contributed by atoms with Crippen LogP contribution in [-0.2, 0) is 6.18 Å². The lowest BCUT2D eigenvalue weighted by Crippen LogP contribution is -2.32. The van der Waals surface area contributed by atoms with Gasteiger partial charge in [-0.1, -0.05) is 0 Å². The van der Waals surface area contributed by atoms with Gasteiger partial charge in [0.1, 0.15) is 5.82 Å². The molecule has 1 aliphatic rings. The SMILES string of the molecule is CC(=O)c1ccc(C#N)cc1N1CCCN(c2ccc(C(F)(F)F)cn2)CC1. The molecule has 1 aromatic carbocycles. The van der Waals surface area contributed by atoms with Gasteiger partial charge in [-0.15, -0.1) is 0 Å². The summed E-state index contributed by atoms with van der Waals surface area (Å²) in [5.41, 5.74) is 0.978.